The standard InChI is InChI=1S/C16H21N3S/c1-12-3-6-16(13(7-12)8-17-14-4-5-14)19(2)9-15-10-20-11-18-15/h3,6-7,10-11,14,17H,4-5,8-9H2,1-2H3. The molecule has 1 aliphatic carbocycles. The second-order valence-corrected chi connectivity index (χ2v) is 6.34. The number of nitrogens with zero attached hydrogens (tertiary/aromatic N) is 2. The Kier molecular flexibility index (Phi) is 4.03. The monoisotopic (exact) mass is 287 g/mol. The van der Waals surface area contributed by atoms with Crippen LogP contribution >= 0.6 is 11.3 Å². The van der Waals surface area contributed by atoms with Crippen LogP contribution in [0.25, 0.3) is 0 Å². The number of rotatable bonds is 6. The summed E-state index contributed by atoms with van der Waals surface area (Å²) in [6.45, 7) is 3.98. The zero-order chi connectivity index (χ0) is 13.9. The van der Waals surface area contributed by atoms with Crippen molar-refractivity contribution in [1.82, 2.24) is 10.3 Å². The maximum atomic E-state index is 4.37. The fourth-order valence-electron chi connectivity index (χ4n) is 2.41. The zero-order valence-electron chi connectivity index (χ0n) is 12.1. The number of nitrogens with one attached hydrogen (secondary N) is 1. The second-order valence-electron chi connectivity index (χ2n) is 5.62. The summed E-state index contributed by atoms with van der Waals surface area (Å²) in [4.78, 5) is 6.66. The van der Waals surface area contributed by atoms with Crippen LogP contribution in [0.4, 0.5) is 5.69 Å². The van der Waals surface area contributed by atoms with E-state index in [0.29, 0.717) is 0 Å². The van der Waals surface area contributed by atoms with Gasteiger partial charge in [0.15, 0.2) is 0 Å². The average Bonchev–Trinajstić information content (AvgIpc) is 3.13. The van der Waals surface area contributed by atoms with Crippen molar-refractivity contribution in [3.05, 3.63) is 45.9 Å². The predicted molar refractivity (Wildman–Crippen MR) is 85.3 cm³/mol. The van der Waals surface area contributed by atoms with Crippen LogP contribution in [0.3, 0.4) is 0 Å². The van der Waals surface area contributed by atoms with E-state index in [9.17, 15) is 0 Å². The lowest BCUT2D eigenvalue weighted by molar-refractivity contribution is 0.685. The first kappa shape index (κ1) is 13.6. The lowest BCUT2D eigenvalue weighted by Crippen LogP contribution is -2.22. The Balaban J connectivity index is 1.75. The quantitative estimate of drug-likeness (QED) is 0.883. The van der Waals surface area contributed by atoms with Crippen molar-refractivity contribution in [2.75, 3.05) is 11.9 Å². The molecular formula is C16H21N3S. The highest BCUT2D eigenvalue weighted by molar-refractivity contribution is 7.07. The molecule has 1 saturated carbocycles. The van der Waals surface area contributed by atoms with Crippen molar-refractivity contribution in [2.24, 2.45) is 0 Å². The van der Waals surface area contributed by atoms with Gasteiger partial charge in [0, 0.05) is 30.7 Å². The summed E-state index contributed by atoms with van der Waals surface area (Å²) in [5, 5.41) is 5.73. The highest BCUT2D eigenvalue weighted by Gasteiger charge is 2.20. The summed E-state index contributed by atoms with van der Waals surface area (Å²) in [7, 11) is 2.14. The third-order valence-electron chi connectivity index (χ3n) is 3.69. The summed E-state index contributed by atoms with van der Waals surface area (Å²) in [6, 6.07) is 7.45. The first-order chi connectivity index (χ1) is 9.72. The van der Waals surface area contributed by atoms with Crippen LogP contribution in [-0.4, -0.2) is 18.1 Å². The van der Waals surface area contributed by atoms with Crippen molar-refractivity contribution in [3.63, 3.8) is 0 Å². The number of hydrogen-bond donors (Lipinski definition) is 1. The third kappa shape index (κ3) is 3.38. The first-order valence-electron chi connectivity index (χ1n) is 7.13. The molecule has 0 aliphatic heterocycles. The highest BCUT2D eigenvalue weighted by Crippen LogP contribution is 2.25. The van der Waals surface area contributed by atoms with Crippen molar-refractivity contribution < 1.29 is 0 Å². The minimum absolute atomic E-state index is 0.743. The van der Waals surface area contributed by atoms with Gasteiger partial charge in [-0.05, 0) is 31.4 Å². The van der Waals surface area contributed by atoms with E-state index in [1.54, 1.807) is 11.3 Å². The van der Waals surface area contributed by atoms with E-state index in [1.165, 1.54) is 29.7 Å². The van der Waals surface area contributed by atoms with Gasteiger partial charge < -0.3 is 10.2 Å². The lowest BCUT2D eigenvalue weighted by atomic mass is 10.1. The van der Waals surface area contributed by atoms with Gasteiger partial charge >= 0.3 is 0 Å². The molecule has 0 spiro atoms. The smallest absolute Gasteiger partial charge is 0.0795 e. The van der Waals surface area contributed by atoms with E-state index >= 15 is 0 Å². The molecule has 1 aliphatic rings. The molecule has 106 valence electrons. The number of thiazole rings is 1. The fraction of sp³-hybridized carbons (Fsp3) is 0.438. The third-order valence-corrected chi connectivity index (χ3v) is 4.32. The molecule has 0 atom stereocenters. The molecule has 4 heteroatoms. The molecule has 1 aromatic carbocycles. The predicted octanol–water partition coefficient (Wildman–Crippen LogP) is 3.34. The minimum atomic E-state index is 0.743. The Morgan fingerprint density at radius 2 is 2.25 bits per heavy atom. The topological polar surface area (TPSA) is 28.2 Å². The van der Waals surface area contributed by atoms with E-state index in [0.717, 1.165) is 24.8 Å². The SMILES string of the molecule is Cc1ccc(N(C)Cc2cscn2)c(CNC2CC2)c1. The molecule has 3 rings (SSSR count). The first-order valence-corrected chi connectivity index (χ1v) is 8.08. The Bertz CT molecular complexity index is 561. The molecule has 2 aromatic rings. The van der Waals surface area contributed by atoms with Crippen molar-refractivity contribution in [2.45, 2.75) is 38.9 Å². The molecule has 3 nitrogen and oxygen atoms in total. The molecule has 0 amide bonds. The second kappa shape index (κ2) is 5.94. The molecule has 1 N–H and O–H groups in total. The summed E-state index contributed by atoms with van der Waals surface area (Å²) in [5.74, 6) is 0. The van der Waals surface area contributed by atoms with E-state index in [1.807, 2.05) is 5.51 Å². The maximum Gasteiger partial charge on any atom is 0.0795 e. The molecular weight excluding hydrogens is 266 g/mol. The Hall–Kier alpha value is -1.39. The molecule has 1 fully saturated rings. The number of aromatic nitrogens is 1. The number of aryl methyl sites for hydroxylation is 1. The Morgan fingerprint density at radius 1 is 1.40 bits per heavy atom. The summed E-state index contributed by atoms with van der Waals surface area (Å²) >= 11 is 1.66. The van der Waals surface area contributed by atoms with Crippen molar-refractivity contribution in [1.29, 1.82) is 0 Å². The van der Waals surface area contributed by atoms with Gasteiger partial charge in [0.25, 0.3) is 0 Å². The van der Waals surface area contributed by atoms with Gasteiger partial charge in [0.05, 0.1) is 17.7 Å². The van der Waals surface area contributed by atoms with E-state index in [4.69, 9.17) is 0 Å². The van der Waals surface area contributed by atoms with Crippen molar-refractivity contribution >= 4 is 17.0 Å². The van der Waals surface area contributed by atoms with Crippen LogP contribution in [-0.2, 0) is 13.1 Å². The number of benzene rings is 1. The molecule has 0 saturated heterocycles. The highest BCUT2D eigenvalue weighted by atomic mass is 32.1. The van der Waals surface area contributed by atoms with Crippen LogP contribution in [0.1, 0.15) is 29.7 Å². The molecule has 0 unspecified atom stereocenters. The molecule has 0 bridgehead atoms. The average molecular weight is 287 g/mol. The van der Waals surface area contributed by atoms with Gasteiger partial charge in [-0.25, -0.2) is 4.98 Å². The lowest BCUT2D eigenvalue weighted by Gasteiger charge is -2.22. The number of anilines is 1. The van der Waals surface area contributed by atoms with Crippen LogP contribution in [0.2, 0.25) is 0 Å². The molecule has 0 radical (unpaired) electrons. The summed E-state index contributed by atoms with van der Waals surface area (Å²) < 4.78 is 0. The van der Waals surface area contributed by atoms with Gasteiger partial charge in [-0.2, -0.15) is 0 Å². The largest absolute Gasteiger partial charge is 0.368 e. The van der Waals surface area contributed by atoms with Crippen LogP contribution in [0, 0.1) is 6.92 Å². The maximum absolute atomic E-state index is 4.37. The zero-order valence-corrected chi connectivity index (χ0v) is 12.9. The van der Waals surface area contributed by atoms with Gasteiger partial charge in [-0.3, -0.25) is 0 Å². The van der Waals surface area contributed by atoms with E-state index in [2.05, 4.69) is 52.8 Å². The van der Waals surface area contributed by atoms with Gasteiger partial charge in [-0.1, -0.05) is 17.7 Å². The minimum Gasteiger partial charge on any atom is -0.368 e. The molecule has 1 heterocycles. The molecule has 1 aromatic heterocycles. The number of hydrogen-bond acceptors (Lipinski definition) is 4. The Labute approximate surface area is 124 Å². The Morgan fingerprint density at radius 3 is 2.95 bits per heavy atom. The van der Waals surface area contributed by atoms with Crippen LogP contribution in [0.5, 0.6) is 0 Å². The fourth-order valence-corrected chi connectivity index (χ4v) is 2.96. The normalized spacial score (nSPS) is 14.5. The summed E-state index contributed by atoms with van der Waals surface area (Å²) in [6.07, 6.45) is 2.66. The molecule has 20 heavy (non-hydrogen) atoms. The van der Waals surface area contributed by atoms with Gasteiger partial charge in [0.1, 0.15) is 0 Å². The van der Waals surface area contributed by atoms with Crippen molar-refractivity contribution in [3.8, 4) is 0 Å². The van der Waals surface area contributed by atoms with Gasteiger partial charge in [-0.15, -0.1) is 11.3 Å². The van der Waals surface area contributed by atoms with Gasteiger partial charge in [0.2, 0.25) is 0 Å². The van der Waals surface area contributed by atoms with E-state index in [-0.39, 0.29) is 0 Å². The van der Waals surface area contributed by atoms with Crippen LogP contribution in [0.15, 0.2) is 29.1 Å². The van der Waals surface area contributed by atoms with Crippen LogP contribution < -0.4 is 10.2 Å². The van der Waals surface area contributed by atoms with E-state index < -0.39 is 0 Å². The summed E-state index contributed by atoms with van der Waals surface area (Å²) in [5.41, 5.74) is 7.04.